The van der Waals surface area contributed by atoms with Crippen molar-refractivity contribution < 1.29 is 9.59 Å². The van der Waals surface area contributed by atoms with Gasteiger partial charge in [-0.2, -0.15) is 0 Å². The fourth-order valence-electron chi connectivity index (χ4n) is 3.44. The molecule has 1 atom stereocenters. The molecule has 0 aliphatic carbocycles. The van der Waals surface area contributed by atoms with Crippen molar-refractivity contribution in [1.82, 2.24) is 14.7 Å². The molecule has 0 fully saturated rings. The first-order valence-corrected chi connectivity index (χ1v) is 10.3. The van der Waals surface area contributed by atoms with Crippen molar-refractivity contribution in [2.45, 2.75) is 39.3 Å². The van der Waals surface area contributed by atoms with E-state index in [9.17, 15) is 19.2 Å². The smallest absolute Gasteiger partial charge is 0.273 e. The molecule has 8 nitrogen and oxygen atoms in total. The number of hydrogen-bond acceptors (Lipinski definition) is 4. The summed E-state index contributed by atoms with van der Waals surface area (Å²) < 4.78 is 1.15. The van der Waals surface area contributed by atoms with E-state index in [1.54, 1.807) is 43.3 Å². The van der Waals surface area contributed by atoms with Gasteiger partial charge in [0.2, 0.25) is 11.8 Å². The minimum atomic E-state index is -0.681. The standard InChI is InChI=1S/C23H26N4O4/c1-3-14-26(16(2)21(29)24-17-9-5-4-6-10-17)20(28)13-15-27-23(31)19-12-8-7-11-18(19)22(30)25-27/h4-12,16H,3,13-15H2,1-2H3,(H,24,29)(H,25,30). The molecule has 0 spiro atoms. The summed E-state index contributed by atoms with van der Waals surface area (Å²) in [5.41, 5.74) is -0.0906. The Kier molecular flexibility index (Phi) is 7.02. The summed E-state index contributed by atoms with van der Waals surface area (Å²) in [5.74, 6) is -0.553. The Balaban J connectivity index is 1.73. The predicted molar refractivity (Wildman–Crippen MR) is 120 cm³/mol. The van der Waals surface area contributed by atoms with Crippen molar-refractivity contribution in [3.63, 3.8) is 0 Å². The van der Waals surface area contributed by atoms with Crippen molar-refractivity contribution in [2.75, 3.05) is 11.9 Å². The first kappa shape index (κ1) is 22.0. The Morgan fingerprint density at radius 1 is 1.03 bits per heavy atom. The number of aromatic amines is 1. The number of amides is 2. The van der Waals surface area contributed by atoms with Gasteiger partial charge in [-0.25, -0.2) is 4.68 Å². The van der Waals surface area contributed by atoms with Gasteiger partial charge in [-0.15, -0.1) is 0 Å². The summed E-state index contributed by atoms with van der Waals surface area (Å²) in [6, 6.07) is 14.9. The van der Waals surface area contributed by atoms with Gasteiger partial charge in [0.05, 0.1) is 17.3 Å². The first-order chi connectivity index (χ1) is 14.9. The van der Waals surface area contributed by atoms with Crippen LogP contribution in [0.2, 0.25) is 0 Å². The van der Waals surface area contributed by atoms with Crippen molar-refractivity contribution in [2.24, 2.45) is 0 Å². The molecule has 3 rings (SSSR count). The molecule has 0 saturated carbocycles. The second-order valence-electron chi connectivity index (χ2n) is 7.31. The van der Waals surface area contributed by atoms with Crippen LogP contribution in [-0.2, 0) is 16.1 Å². The highest BCUT2D eigenvalue weighted by atomic mass is 16.2. The molecule has 2 aromatic carbocycles. The maximum absolute atomic E-state index is 12.9. The van der Waals surface area contributed by atoms with Crippen LogP contribution in [-0.4, -0.2) is 39.1 Å². The Bertz CT molecular complexity index is 1180. The molecule has 1 unspecified atom stereocenters. The molecular weight excluding hydrogens is 396 g/mol. The van der Waals surface area contributed by atoms with E-state index < -0.39 is 6.04 Å². The molecule has 8 heteroatoms. The summed E-state index contributed by atoms with van der Waals surface area (Å²) in [4.78, 5) is 51.9. The maximum Gasteiger partial charge on any atom is 0.273 e. The van der Waals surface area contributed by atoms with Gasteiger partial charge in [0.15, 0.2) is 0 Å². The van der Waals surface area contributed by atoms with E-state index in [1.807, 2.05) is 25.1 Å². The fourth-order valence-corrected chi connectivity index (χ4v) is 3.44. The highest BCUT2D eigenvalue weighted by Gasteiger charge is 2.25. The summed E-state index contributed by atoms with van der Waals surface area (Å²) in [5, 5.41) is 5.96. The van der Waals surface area contributed by atoms with Crippen LogP contribution in [0.5, 0.6) is 0 Å². The van der Waals surface area contributed by atoms with E-state index in [0.29, 0.717) is 29.4 Å². The molecule has 1 aromatic heterocycles. The topological polar surface area (TPSA) is 104 Å². The van der Waals surface area contributed by atoms with Gasteiger partial charge in [-0.05, 0) is 37.6 Å². The van der Waals surface area contributed by atoms with Gasteiger partial charge in [-0.1, -0.05) is 37.3 Å². The Morgan fingerprint density at radius 2 is 1.68 bits per heavy atom. The summed E-state index contributed by atoms with van der Waals surface area (Å²) in [6.45, 7) is 4.03. The molecule has 162 valence electrons. The molecule has 2 N–H and O–H groups in total. The lowest BCUT2D eigenvalue weighted by Gasteiger charge is -2.28. The van der Waals surface area contributed by atoms with E-state index in [-0.39, 0.29) is 35.9 Å². The van der Waals surface area contributed by atoms with Gasteiger partial charge in [0.25, 0.3) is 11.1 Å². The van der Waals surface area contributed by atoms with Crippen LogP contribution in [0.25, 0.3) is 10.8 Å². The zero-order valence-corrected chi connectivity index (χ0v) is 17.6. The quantitative estimate of drug-likeness (QED) is 0.581. The van der Waals surface area contributed by atoms with Gasteiger partial charge in [0.1, 0.15) is 6.04 Å². The number of hydrogen-bond donors (Lipinski definition) is 2. The highest BCUT2D eigenvalue weighted by Crippen LogP contribution is 2.10. The third-order valence-corrected chi connectivity index (χ3v) is 5.11. The van der Waals surface area contributed by atoms with Crippen LogP contribution in [0.4, 0.5) is 5.69 Å². The lowest BCUT2D eigenvalue weighted by Crippen LogP contribution is -2.46. The molecular formula is C23H26N4O4. The van der Waals surface area contributed by atoms with Crippen LogP contribution in [0.1, 0.15) is 26.7 Å². The number of aryl methyl sites for hydroxylation is 1. The Hall–Kier alpha value is -3.68. The van der Waals surface area contributed by atoms with E-state index in [2.05, 4.69) is 10.4 Å². The van der Waals surface area contributed by atoms with Crippen molar-refractivity contribution >= 4 is 28.3 Å². The molecule has 2 amide bonds. The van der Waals surface area contributed by atoms with Crippen LogP contribution in [0, 0.1) is 0 Å². The average Bonchev–Trinajstić information content (AvgIpc) is 2.79. The highest BCUT2D eigenvalue weighted by molar-refractivity contribution is 5.96. The largest absolute Gasteiger partial charge is 0.331 e. The van der Waals surface area contributed by atoms with Crippen molar-refractivity contribution in [1.29, 1.82) is 0 Å². The SMILES string of the molecule is CCCN(C(=O)CCn1[nH]c(=O)c2ccccc2c1=O)C(C)C(=O)Nc1ccccc1. The van der Waals surface area contributed by atoms with E-state index in [1.165, 1.54) is 4.90 Å². The molecule has 31 heavy (non-hydrogen) atoms. The number of aromatic nitrogens is 2. The molecule has 0 aliphatic heterocycles. The average molecular weight is 422 g/mol. The summed E-state index contributed by atoms with van der Waals surface area (Å²) in [6.07, 6.45) is 0.665. The second kappa shape index (κ2) is 9.88. The molecule has 3 aromatic rings. The van der Waals surface area contributed by atoms with Gasteiger partial charge in [-0.3, -0.25) is 24.3 Å². The van der Waals surface area contributed by atoms with Crippen molar-refractivity contribution in [3.05, 3.63) is 75.3 Å². The van der Waals surface area contributed by atoms with E-state index >= 15 is 0 Å². The molecule has 0 aliphatic rings. The lowest BCUT2D eigenvalue weighted by molar-refractivity contribution is -0.138. The Labute approximate surface area is 179 Å². The number of H-pyrrole nitrogens is 1. The maximum atomic E-state index is 12.9. The third kappa shape index (κ3) is 5.09. The predicted octanol–water partition coefficient (Wildman–Crippen LogP) is 2.35. The van der Waals surface area contributed by atoms with Gasteiger partial charge >= 0.3 is 0 Å². The van der Waals surface area contributed by atoms with Crippen molar-refractivity contribution in [3.8, 4) is 0 Å². The number of benzene rings is 2. The molecule has 0 saturated heterocycles. The molecule has 1 heterocycles. The first-order valence-electron chi connectivity index (χ1n) is 10.3. The number of carbonyl (C=O) groups is 2. The minimum Gasteiger partial charge on any atom is -0.331 e. The summed E-state index contributed by atoms with van der Waals surface area (Å²) >= 11 is 0. The van der Waals surface area contributed by atoms with Gasteiger partial charge in [0, 0.05) is 18.7 Å². The van der Waals surface area contributed by atoms with Crippen LogP contribution < -0.4 is 16.4 Å². The molecule has 0 bridgehead atoms. The van der Waals surface area contributed by atoms with E-state index in [4.69, 9.17) is 0 Å². The number of anilines is 1. The minimum absolute atomic E-state index is 0.0167. The summed E-state index contributed by atoms with van der Waals surface area (Å²) in [7, 11) is 0. The number of carbonyl (C=O) groups excluding carboxylic acids is 2. The van der Waals surface area contributed by atoms with E-state index in [0.717, 1.165) is 4.68 Å². The number of nitrogens with zero attached hydrogens (tertiary/aromatic N) is 2. The fraction of sp³-hybridized carbons (Fsp3) is 0.304. The second-order valence-corrected chi connectivity index (χ2v) is 7.31. The number of fused-ring (bicyclic) bond motifs is 1. The zero-order valence-electron chi connectivity index (χ0n) is 17.6. The molecule has 0 radical (unpaired) electrons. The van der Waals surface area contributed by atoms with Crippen LogP contribution in [0.15, 0.2) is 64.2 Å². The Morgan fingerprint density at radius 3 is 2.35 bits per heavy atom. The number of rotatable bonds is 8. The van der Waals surface area contributed by atoms with Crippen LogP contribution in [0.3, 0.4) is 0 Å². The monoisotopic (exact) mass is 422 g/mol. The normalized spacial score (nSPS) is 11.8. The number of para-hydroxylation sites is 1. The van der Waals surface area contributed by atoms with Gasteiger partial charge < -0.3 is 10.2 Å². The third-order valence-electron chi connectivity index (χ3n) is 5.11. The number of nitrogens with one attached hydrogen (secondary N) is 2. The lowest BCUT2D eigenvalue weighted by atomic mass is 10.2. The van der Waals surface area contributed by atoms with Crippen LogP contribution >= 0.6 is 0 Å². The zero-order chi connectivity index (χ0) is 22.4.